The zero-order chi connectivity index (χ0) is 17.1. The molecule has 1 fully saturated rings. The van der Waals surface area contributed by atoms with Gasteiger partial charge in [0.25, 0.3) is 0 Å². The number of nitrogens with zero attached hydrogens (tertiary/aromatic N) is 2. The van der Waals surface area contributed by atoms with Crippen molar-refractivity contribution < 1.29 is 9.53 Å². The van der Waals surface area contributed by atoms with Crippen LogP contribution in [-0.2, 0) is 11.2 Å². The fourth-order valence-electron chi connectivity index (χ4n) is 2.87. The maximum atomic E-state index is 12.1. The van der Waals surface area contributed by atoms with E-state index in [2.05, 4.69) is 37.3 Å². The zero-order valence-corrected chi connectivity index (χ0v) is 14.6. The number of rotatable bonds is 2. The van der Waals surface area contributed by atoms with Crippen LogP contribution >= 0.6 is 0 Å². The van der Waals surface area contributed by atoms with Gasteiger partial charge in [-0.05, 0) is 52.5 Å². The molecule has 1 aromatic rings. The smallest absolute Gasteiger partial charge is 0.410 e. The van der Waals surface area contributed by atoms with Gasteiger partial charge in [-0.1, -0.05) is 29.8 Å². The largest absolute Gasteiger partial charge is 0.444 e. The summed E-state index contributed by atoms with van der Waals surface area (Å²) in [6.45, 7) is 8.81. The molecule has 1 aromatic carbocycles. The molecule has 124 valence electrons. The van der Waals surface area contributed by atoms with Crippen molar-refractivity contribution in [2.24, 2.45) is 5.41 Å². The van der Waals surface area contributed by atoms with Crippen LogP contribution in [0.2, 0.25) is 0 Å². The van der Waals surface area contributed by atoms with Crippen molar-refractivity contribution in [2.75, 3.05) is 13.1 Å². The van der Waals surface area contributed by atoms with Crippen LogP contribution in [0.15, 0.2) is 24.3 Å². The van der Waals surface area contributed by atoms with Crippen LogP contribution in [0, 0.1) is 23.7 Å². The minimum Gasteiger partial charge on any atom is -0.444 e. The summed E-state index contributed by atoms with van der Waals surface area (Å²) in [5.74, 6) is 0. The second-order valence-corrected chi connectivity index (χ2v) is 7.52. The average molecular weight is 314 g/mol. The number of likely N-dealkylation sites (tertiary alicyclic amines) is 1. The van der Waals surface area contributed by atoms with Crippen molar-refractivity contribution in [3.63, 3.8) is 0 Å². The molecule has 0 radical (unpaired) electrons. The lowest BCUT2D eigenvalue weighted by atomic mass is 9.75. The van der Waals surface area contributed by atoms with Crippen LogP contribution in [0.25, 0.3) is 0 Å². The van der Waals surface area contributed by atoms with Crippen LogP contribution in [0.4, 0.5) is 4.79 Å². The van der Waals surface area contributed by atoms with Gasteiger partial charge in [-0.25, -0.2) is 4.79 Å². The number of aryl methyl sites for hydroxylation is 1. The van der Waals surface area contributed by atoms with Crippen LogP contribution in [-0.4, -0.2) is 29.7 Å². The van der Waals surface area contributed by atoms with Gasteiger partial charge < -0.3 is 9.64 Å². The first kappa shape index (κ1) is 17.3. The second kappa shape index (κ2) is 6.62. The molecule has 4 nitrogen and oxygen atoms in total. The Balaban J connectivity index is 1.98. The molecule has 23 heavy (non-hydrogen) atoms. The molecule has 1 saturated heterocycles. The lowest BCUT2D eigenvalue weighted by Crippen LogP contribution is -2.45. The number of carbonyl (C=O) groups is 1. The Kier molecular flexibility index (Phi) is 4.99. The number of hydrogen-bond acceptors (Lipinski definition) is 3. The molecule has 2 rings (SSSR count). The summed E-state index contributed by atoms with van der Waals surface area (Å²) < 4.78 is 5.41. The Morgan fingerprint density at radius 3 is 2.30 bits per heavy atom. The van der Waals surface area contributed by atoms with Gasteiger partial charge in [0, 0.05) is 13.1 Å². The number of benzene rings is 1. The summed E-state index contributed by atoms with van der Waals surface area (Å²) in [5, 5.41) is 9.68. The highest BCUT2D eigenvalue weighted by Gasteiger charge is 2.37. The Morgan fingerprint density at radius 1 is 1.26 bits per heavy atom. The summed E-state index contributed by atoms with van der Waals surface area (Å²) in [6.07, 6.45) is 1.85. The first-order chi connectivity index (χ1) is 10.7. The second-order valence-electron chi connectivity index (χ2n) is 7.52. The van der Waals surface area contributed by atoms with Gasteiger partial charge in [-0.2, -0.15) is 5.26 Å². The quantitative estimate of drug-likeness (QED) is 0.826. The van der Waals surface area contributed by atoms with E-state index < -0.39 is 5.60 Å². The highest BCUT2D eigenvalue weighted by atomic mass is 16.6. The molecule has 0 N–H and O–H groups in total. The van der Waals surface area contributed by atoms with Crippen LogP contribution < -0.4 is 0 Å². The number of hydrogen-bond donors (Lipinski definition) is 0. The van der Waals surface area contributed by atoms with Gasteiger partial charge in [0.2, 0.25) is 0 Å². The zero-order valence-electron chi connectivity index (χ0n) is 14.6. The minimum absolute atomic E-state index is 0.278. The Bertz CT molecular complexity index is 585. The SMILES string of the molecule is Cc1ccc(CC2(C#N)CCN(C(=O)OC(C)(C)C)CC2)cc1. The van der Waals surface area contributed by atoms with E-state index in [1.807, 2.05) is 20.8 Å². The number of amides is 1. The molecule has 1 aliphatic heterocycles. The third-order valence-electron chi connectivity index (χ3n) is 4.27. The van der Waals surface area contributed by atoms with Crippen molar-refractivity contribution in [1.82, 2.24) is 4.90 Å². The van der Waals surface area contributed by atoms with Gasteiger partial charge in [0.05, 0.1) is 11.5 Å². The lowest BCUT2D eigenvalue weighted by molar-refractivity contribution is 0.0148. The first-order valence-corrected chi connectivity index (χ1v) is 8.18. The van der Waals surface area contributed by atoms with Gasteiger partial charge >= 0.3 is 6.09 Å². The Morgan fingerprint density at radius 2 is 1.83 bits per heavy atom. The molecule has 4 heteroatoms. The van der Waals surface area contributed by atoms with Crippen molar-refractivity contribution in [3.8, 4) is 6.07 Å². The van der Waals surface area contributed by atoms with Crippen molar-refractivity contribution >= 4 is 6.09 Å². The molecule has 1 amide bonds. The molecule has 1 heterocycles. The highest BCUT2D eigenvalue weighted by molar-refractivity contribution is 5.68. The van der Waals surface area contributed by atoms with Crippen LogP contribution in [0.5, 0.6) is 0 Å². The predicted octanol–water partition coefficient (Wildman–Crippen LogP) is 4.08. The summed E-state index contributed by atoms with van der Waals surface area (Å²) in [6, 6.07) is 10.9. The molecule has 1 aliphatic rings. The van der Waals surface area contributed by atoms with Gasteiger partial charge in [0.15, 0.2) is 0 Å². The molecule has 0 aromatic heterocycles. The lowest BCUT2D eigenvalue weighted by Gasteiger charge is -2.38. The molecule has 0 atom stereocenters. The molecule has 0 spiro atoms. The van der Waals surface area contributed by atoms with Gasteiger partial charge in [0.1, 0.15) is 5.60 Å². The topological polar surface area (TPSA) is 53.3 Å². The van der Waals surface area contributed by atoms with Crippen molar-refractivity contribution in [3.05, 3.63) is 35.4 Å². The number of nitriles is 1. The molecule has 0 bridgehead atoms. The standard InChI is InChI=1S/C19H26N2O2/c1-15-5-7-16(8-6-15)13-19(14-20)9-11-21(12-10-19)17(22)23-18(2,3)4/h5-8H,9-13H2,1-4H3. The third kappa shape index (κ3) is 4.72. The normalized spacial score (nSPS) is 17.4. The molecule has 0 unspecified atom stereocenters. The van der Waals surface area contributed by atoms with Gasteiger partial charge in [-0.3, -0.25) is 0 Å². The monoisotopic (exact) mass is 314 g/mol. The van der Waals surface area contributed by atoms with Crippen LogP contribution in [0.1, 0.15) is 44.7 Å². The number of carbonyl (C=O) groups excluding carboxylic acids is 1. The Labute approximate surface area is 139 Å². The minimum atomic E-state index is -0.483. The average Bonchev–Trinajstić information content (AvgIpc) is 2.48. The van der Waals surface area contributed by atoms with E-state index in [0.717, 1.165) is 6.42 Å². The molecule has 0 saturated carbocycles. The third-order valence-corrected chi connectivity index (χ3v) is 4.27. The Hall–Kier alpha value is -2.02. The van der Waals surface area contributed by atoms with E-state index in [-0.39, 0.29) is 11.5 Å². The van der Waals surface area contributed by atoms with Crippen molar-refractivity contribution in [2.45, 2.75) is 52.6 Å². The summed E-state index contributed by atoms with van der Waals surface area (Å²) in [7, 11) is 0. The molecular formula is C19H26N2O2. The van der Waals surface area contributed by atoms with E-state index >= 15 is 0 Å². The van der Waals surface area contributed by atoms with Crippen molar-refractivity contribution in [1.29, 1.82) is 5.26 Å². The van der Waals surface area contributed by atoms with Crippen LogP contribution in [0.3, 0.4) is 0 Å². The maximum Gasteiger partial charge on any atom is 0.410 e. The highest BCUT2D eigenvalue weighted by Crippen LogP contribution is 2.35. The van der Waals surface area contributed by atoms with E-state index in [1.165, 1.54) is 11.1 Å². The molecule has 0 aliphatic carbocycles. The maximum absolute atomic E-state index is 12.1. The number of ether oxygens (including phenoxy) is 1. The summed E-state index contributed by atoms with van der Waals surface area (Å²) in [4.78, 5) is 13.8. The van der Waals surface area contributed by atoms with E-state index in [0.29, 0.717) is 25.9 Å². The predicted molar refractivity (Wildman–Crippen MR) is 90.0 cm³/mol. The number of piperidine rings is 1. The summed E-state index contributed by atoms with van der Waals surface area (Å²) in [5.41, 5.74) is 1.54. The van der Waals surface area contributed by atoms with E-state index in [9.17, 15) is 10.1 Å². The fourth-order valence-corrected chi connectivity index (χ4v) is 2.87. The molecular weight excluding hydrogens is 288 g/mol. The van der Waals surface area contributed by atoms with E-state index in [1.54, 1.807) is 4.90 Å². The van der Waals surface area contributed by atoms with Gasteiger partial charge in [-0.15, -0.1) is 0 Å². The summed E-state index contributed by atoms with van der Waals surface area (Å²) >= 11 is 0. The first-order valence-electron chi connectivity index (χ1n) is 8.18. The fraction of sp³-hybridized carbons (Fsp3) is 0.579. The van der Waals surface area contributed by atoms with E-state index in [4.69, 9.17) is 4.74 Å².